The second-order valence-electron chi connectivity index (χ2n) is 14.5. The molecule has 1 aromatic heterocycles. The molecule has 11 rings (SSSR count). The molecule has 11 aromatic rings. The van der Waals surface area contributed by atoms with Gasteiger partial charge in [-0.1, -0.05) is 158 Å². The molecule has 0 radical (unpaired) electrons. The Morgan fingerprint density at radius 1 is 0.304 bits per heavy atom. The lowest BCUT2D eigenvalue weighted by molar-refractivity contribution is 1.18. The van der Waals surface area contributed by atoms with E-state index in [1.807, 2.05) is 0 Å². The monoisotopic (exact) mass is 712 g/mol. The van der Waals surface area contributed by atoms with Crippen molar-refractivity contribution in [2.75, 3.05) is 4.90 Å². The van der Waals surface area contributed by atoms with E-state index in [1.54, 1.807) is 0 Å². The van der Waals surface area contributed by atoms with Gasteiger partial charge in [-0.25, -0.2) is 0 Å². The summed E-state index contributed by atoms with van der Waals surface area (Å²) in [5.41, 5.74) is 11.7. The van der Waals surface area contributed by atoms with Crippen molar-refractivity contribution in [1.82, 2.24) is 4.57 Å². The van der Waals surface area contributed by atoms with Gasteiger partial charge < -0.3 is 9.47 Å². The van der Waals surface area contributed by atoms with E-state index in [2.05, 4.69) is 228 Å². The van der Waals surface area contributed by atoms with Crippen molar-refractivity contribution in [1.29, 1.82) is 0 Å². The molecule has 0 atom stereocenters. The quantitative estimate of drug-likeness (QED) is 0.156. The Bertz CT molecular complexity index is 3110. The molecular weight excluding hydrogens is 677 g/mol. The van der Waals surface area contributed by atoms with Gasteiger partial charge in [0.15, 0.2) is 0 Å². The Hall–Kier alpha value is -7.42. The van der Waals surface area contributed by atoms with Crippen LogP contribution >= 0.6 is 0 Å². The third-order valence-electron chi connectivity index (χ3n) is 11.3. The predicted octanol–water partition coefficient (Wildman–Crippen LogP) is 15.0. The first-order chi connectivity index (χ1) is 27.8. The smallest absolute Gasteiger partial charge is 0.0625 e. The average Bonchev–Trinajstić information content (AvgIpc) is 3.61. The number of benzene rings is 10. The molecule has 0 fully saturated rings. The van der Waals surface area contributed by atoms with Gasteiger partial charge in [-0.05, 0) is 110 Å². The molecule has 0 saturated heterocycles. The Labute approximate surface area is 325 Å². The van der Waals surface area contributed by atoms with Crippen LogP contribution in [0.15, 0.2) is 218 Å². The first-order valence-electron chi connectivity index (χ1n) is 19.3. The van der Waals surface area contributed by atoms with Crippen LogP contribution in [0, 0.1) is 0 Å². The summed E-state index contributed by atoms with van der Waals surface area (Å²) >= 11 is 0. The normalized spacial score (nSPS) is 11.6. The third kappa shape index (κ3) is 5.26. The Morgan fingerprint density at radius 2 is 0.714 bits per heavy atom. The molecule has 1 heterocycles. The van der Waals surface area contributed by atoms with Crippen LogP contribution in [0.5, 0.6) is 0 Å². The van der Waals surface area contributed by atoms with Gasteiger partial charge in [0.1, 0.15) is 0 Å². The topological polar surface area (TPSA) is 8.17 Å². The molecule has 0 amide bonds. The van der Waals surface area contributed by atoms with Gasteiger partial charge in [0.25, 0.3) is 0 Å². The molecule has 0 unspecified atom stereocenters. The zero-order valence-electron chi connectivity index (χ0n) is 30.7. The van der Waals surface area contributed by atoms with Gasteiger partial charge in [0, 0.05) is 38.9 Å². The van der Waals surface area contributed by atoms with Crippen LogP contribution in [-0.4, -0.2) is 4.57 Å². The minimum absolute atomic E-state index is 1.09. The summed E-state index contributed by atoms with van der Waals surface area (Å²) in [7, 11) is 0. The van der Waals surface area contributed by atoms with Crippen LogP contribution in [0.1, 0.15) is 0 Å². The number of hydrogen-bond acceptors (Lipinski definition) is 1. The summed E-state index contributed by atoms with van der Waals surface area (Å²) in [4.78, 5) is 2.36. The molecule has 2 nitrogen and oxygen atoms in total. The zero-order valence-corrected chi connectivity index (χ0v) is 30.7. The molecule has 0 bridgehead atoms. The number of rotatable bonds is 6. The van der Waals surface area contributed by atoms with Crippen LogP contribution in [0.4, 0.5) is 17.1 Å². The van der Waals surface area contributed by atoms with E-state index in [1.165, 1.54) is 76.4 Å². The SMILES string of the molecule is c1ccc(-c2ccc(N(c3ccc(-c4ccccc4)cc3)c3ccc(-n4c5cc6ccccc6cc5c5c6ccccc6c6ccccc6c54)cc3)cc2)cc1. The van der Waals surface area contributed by atoms with Crippen LogP contribution in [-0.2, 0) is 0 Å². The van der Waals surface area contributed by atoms with E-state index >= 15 is 0 Å². The number of hydrogen-bond donors (Lipinski definition) is 0. The molecule has 0 aliphatic rings. The van der Waals surface area contributed by atoms with Crippen LogP contribution in [0.25, 0.3) is 82.1 Å². The Morgan fingerprint density at radius 3 is 1.27 bits per heavy atom. The van der Waals surface area contributed by atoms with E-state index in [4.69, 9.17) is 0 Å². The Kier molecular flexibility index (Phi) is 7.53. The van der Waals surface area contributed by atoms with Crippen molar-refractivity contribution in [3.05, 3.63) is 218 Å². The lowest BCUT2D eigenvalue weighted by Gasteiger charge is -2.26. The summed E-state index contributed by atoms with van der Waals surface area (Å²) in [5, 5.41) is 10.1. The molecule has 0 aliphatic carbocycles. The van der Waals surface area contributed by atoms with E-state index in [0.717, 1.165) is 22.7 Å². The first-order valence-corrected chi connectivity index (χ1v) is 19.3. The van der Waals surface area contributed by atoms with Gasteiger partial charge in [0.2, 0.25) is 0 Å². The van der Waals surface area contributed by atoms with Gasteiger partial charge in [-0.3, -0.25) is 0 Å². The fourth-order valence-electron chi connectivity index (χ4n) is 8.69. The van der Waals surface area contributed by atoms with Crippen molar-refractivity contribution in [3.8, 4) is 27.9 Å². The highest BCUT2D eigenvalue weighted by Crippen LogP contribution is 2.44. The maximum atomic E-state index is 2.49. The van der Waals surface area contributed by atoms with Crippen molar-refractivity contribution in [2.24, 2.45) is 0 Å². The highest BCUT2D eigenvalue weighted by Gasteiger charge is 2.20. The lowest BCUT2D eigenvalue weighted by atomic mass is 9.96. The fraction of sp³-hybridized carbons (Fsp3) is 0. The third-order valence-corrected chi connectivity index (χ3v) is 11.3. The second kappa shape index (κ2) is 13.2. The predicted molar refractivity (Wildman–Crippen MR) is 239 cm³/mol. The summed E-state index contributed by atoms with van der Waals surface area (Å²) in [6.45, 7) is 0. The van der Waals surface area contributed by atoms with Crippen LogP contribution in [0.3, 0.4) is 0 Å². The maximum absolute atomic E-state index is 2.49. The van der Waals surface area contributed by atoms with E-state index in [-0.39, 0.29) is 0 Å². The van der Waals surface area contributed by atoms with Crippen molar-refractivity contribution in [3.63, 3.8) is 0 Å². The Balaban J connectivity index is 1.10. The minimum atomic E-state index is 1.09. The molecule has 0 N–H and O–H groups in total. The summed E-state index contributed by atoms with van der Waals surface area (Å²) in [5.74, 6) is 0. The van der Waals surface area contributed by atoms with E-state index in [9.17, 15) is 0 Å². The highest BCUT2D eigenvalue weighted by atomic mass is 15.1. The molecule has 0 aliphatic heterocycles. The van der Waals surface area contributed by atoms with Gasteiger partial charge in [-0.15, -0.1) is 0 Å². The minimum Gasteiger partial charge on any atom is -0.311 e. The largest absolute Gasteiger partial charge is 0.311 e. The number of nitrogens with zero attached hydrogens (tertiary/aromatic N) is 2. The maximum Gasteiger partial charge on any atom is 0.0625 e. The van der Waals surface area contributed by atoms with E-state index in [0.29, 0.717) is 0 Å². The molecule has 0 saturated carbocycles. The van der Waals surface area contributed by atoms with Gasteiger partial charge in [-0.2, -0.15) is 0 Å². The number of anilines is 3. The highest BCUT2D eigenvalue weighted by molar-refractivity contribution is 6.33. The van der Waals surface area contributed by atoms with E-state index < -0.39 is 0 Å². The van der Waals surface area contributed by atoms with Gasteiger partial charge in [0.05, 0.1) is 11.0 Å². The molecular formula is C54H36N2. The lowest BCUT2D eigenvalue weighted by Crippen LogP contribution is -2.10. The standard InChI is InChI=1S/C54H36N2/c1-3-13-37(14-4-1)39-23-27-43(28-24-39)55(44-29-25-40(26-30-44)38-15-5-2-6-16-38)45-31-33-46(34-32-45)56-52-36-42-18-8-7-17-41(42)35-51(52)53-49-21-11-9-19-47(49)48-20-10-12-22-50(48)54(53)56/h1-36H. The fourth-order valence-corrected chi connectivity index (χ4v) is 8.69. The second-order valence-corrected chi connectivity index (χ2v) is 14.5. The molecule has 262 valence electrons. The molecule has 0 spiro atoms. The van der Waals surface area contributed by atoms with Gasteiger partial charge >= 0.3 is 0 Å². The first kappa shape index (κ1) is 32.0. The number of fused-ring (bicyclic) bond motifs is 9. The van der Waals surface area contributed by atoms with Crippen molar-refractivity contribution < 1.29 is 0 Å². The number of aromatic nitrogens is 1. The average molecular weight is 713 g/mol. The summed E-state index contributed by atoms with van der Waals surface area (Å²) < 4.78 is 2.49. The molecule has 2 heteroatoms. The molecule has 10 aromatic carbocycles. The summed E-state index contributed by atoms with van der Waals surface area (Å²) in [6.07, 6.45) is 0. The molecule has 56 heavy (non-hydrogen) atoms. The van der Waals surface area contributed by atoms with Crippen molar-refractivity contribution in [2.45, 2.75) is 0 Å². The summed E-state index contributed by atoms with van der Waals surface area (Å²) in [6, 6.07) is 79.3. The van der Waals surface area contributed by atoms with Crippen LogP contribution < -0.4 is 4.90 Å². The van der Waals surface area contributed by atoms with Crippen LogP contribution in [0.2, 0.25) is 0 Å². The van der Waals surface area contributed by atoms with Crippen molar-refractivity contribution >= 4 is 71.2 Å². The zero-order chi connectivity index (χ0) is 37.0.